The van der Waals surface area contributed by atoms with Crippen LogP contribution in [0.5, 0.6) is 0 Å². The molecular weight excluding hydrogens is 303 g/mol. The van der Waals surface area contributed by atoms with Crippen molar-refractivity contribution >= 4 is 29.2 Å². The van der Waals surface area contributed by atoms with E-state index < -0.39 is 12.6 Å². The molecule has 0 radical (unpaired) electrons. The van der Waals surface area contributed by atoms with Gasteiger partial charge in [0, 0.05) is 6.54 Å². The van der Waals surface area contributed by atoms with Gasteiger partial charge >= 0.3 is 5.97 Å². The summed E-state index contributed by atoms with van der Waals surface area (Å²) in [5, 5.41) is 9.15. The van der Waals surface area contributed by atoms with E-state index in [2.05, 4.69) is 11.6 Å². The van der Waals surface area contributed by atoms with Crippen molar-refractivity contribution in [2.24, 2.45) is 0 Å². The minimum absolute atomic E-state index is 0.256. The summed E-state index contributed by atoms with van der Waals surface area (Å²) in [6, 6.07) is 0. The first kappa shape index (κ1) is 16.3. The molecule has 1 N–H and O–H groups in total. The fraction of sp³-hybridized carbons (Fsp3) is 0.231. The van der Waals surface area contributed by atoms with Crippen LogP contribution in [-0.2, 0) is 16.1 Å². The Bertz CT molecular complexity index is 562. The summed E-state index contributed by atoms with van der Waals surface area (Å²) in [7, 11) is 0. The Kier molecular flexibility index (Phi) is 6.35. The molecule has 1 aromatic rings. The number of carbonyl (C=O) groups is 1. The molecule has 5 nitrogen and oxygen atoms in total. The Morgan fingerprint density at radius 2 is 2.25 bits per heavy atom. The van der Waals surface area contributed by atoms with Crippen molar-refractivity contribution in [2.75, 3.05) is 6.61 Å². The molecule has 0 fully saturated rings. The topological polar surface area (TPSA) is 64.4 Å². The number of carboxylic acids is 1. The number of carboxylic acid groups (broad SMARTS) is 1. The zero-order valence-corrected chi connectivity index (χ0v) is 12.4. The number of hydrogen-bond acceptors (Lipinski definition) is 3. The van der Waals surface area contributed by atoms with Crippen molar-refractivity contribution in [1.82, 2.24) is 9.55 Å². The zero-order chi connectivity index (χ0) is 15.1. The second-order valence-corrected chi connectivity index (χ2v) is 4.64. The third-order valence-corrected chi connectivity index (χ3v) is 3.02. The maximum Gasteiger partial charge on any atom is 0.341 e. The van der Waals surface area contributed by atoms with Gasteiger partial charge in [-0.25, -0.2) is 9.78 Å². The Morgan fingerprint density at radius 1 is 1.55 bits per heavy atom. The van der Waals surface area contributed by atoms with E-state index in [0.29, 0.717) is 17.5 Å². The van der Waals surface area contributed by atoms with E-state index in [0.717, 1.165) is 5.57 Å². The van der Waals surface area contributed by atoms with E-state index in [1.807, 2.05) is 6.92 Å². The second-order valence-electron chi connectivity index (χ2n) is 3.92. The molecule has 0 aliphatic carbocycles. The number of ether oxygens (including phenoxy) is 1. The van der Waals surface area contributed by atoms with Crippen LogP contribution in [0.3, 0.4) is 0 Å². The van der Waals surface area contributed by atoms with E-state index in [1.54, 1.807) is 23.0 Å². The molecule has 1 aromatic heterocycles. The smallest absolute Gasteiger partial charge is 0.341 e. The molecular formula is C13H14Cl2N2O3. The number of nitrogens with zero attached hydrogens (tertiary/aromatic N) is 2. The van der Waals surface area contributed by atoms with Crippen LogP contribution >= 0.6 is 23.2 Å². The molecule has 7 heteroatoms. The standard InChI is InChI=1S/C13H14Cl2N2O3/c1-3-10(20-7-11(18)19)5-4-9(2)6-17-8-16-12(14)13(17)15/h3-5,8H,1,6-7H2,2H3,(H,18,19). The fourth-order valence-corrected chi connectivity index (χ4v) is 1.62. The van der Waals surface area contributed by atoms with Gasteiger partial charge in [0.15, 0.2) is 11.8 Å². The third-order valence-electron chi connectivity index (χ3n) is 2.25. The monoisotopic (exact) mass is 316 g/mol. The molecule has 0 unspecified atom stereocenters. The summed E-state index contributed by atoms with van der Waals surface area (Å²) in [6.45, 7) is 5.54. The van der Waals surface area contributed by atoms with E-state index in [9.17, 15) is 4.79 Å². The highest BCUT2D eigenvalue weighted by atomic mass is 35.5. The molecule has 0 aromatic carbocycles. The van der Waals surface area contributed by atoms with Gasteiger partial charge in [-0.1, -0.05) is 41.4 Å². The van der Waals surface area contributed by atoms with Gasteiger partial charge in [-0.3, -0.25) is 0 Å². The quantitative estimate of drug-likeness (QED) is 0.619. The molecule has 0 atom stereocenters. The van der Waals surface area contributed by atoms with Crippen LogP contribution in [0.25, 0.3) is 0 Å². The van der Waals surface area contributed by atoms with E-state index in [4.69, 9.17) is 33.0 Å². The number of rotatable bonds is 7. The first-order valence-corrected chi connectivity index (χ1v) is 6.40. The third kappa shape index (κ3) is 5.11. The van der Waals surface area contributed by atoms with E-state index in [-0.39, 0.29) is 5.15 Å². The molecule has 0 aliphatic heterocycles. The Hall–Kier alpha value is -1.72. The molecule has 1 heterocycles. The minimum Gasteiger partial charge on any atom is -0.482 e. The van der Waals surface area contributed by atoms with Crippen molar-refractivity contribution in [3.63, 3.8) is 0 Å². The Labute approximate surface area is 126 Å². The predicted octanol–water partition coefficient (Wildman–Crippen LogP) is 3.31. The van der Waals surface area contributed by atoms with E-state index in [1.165, 1.54) is 6.08 Å². The van der Waals surface area contributed by atoms with Gasteiger partial charge in [-0.05, 0) is 19.1 Å². The highest BCUT2D eigenvalue weighted by Crippen LogP contribution is 2.20. The summed E-state index contributed by atoms with van der Waals surface area (Å²) in [5.74, 6) is -0.667. The van der Waals surface area contributed by atoms with Crippen molar-refractivity contribution in [3.05, 3.63) is 52.8 Å². The lowest BCUT2D eigenvalue weighted by molar-refractivity contribution is -0.140. The van der Waals surface area contributed by atoms with Crippen LogP contribution in [0.4, 0.5) is 0 Å². The predicted molar refractivity (Wildman–Crippen MR) is 77.9 cm³/mol. The average molecular weight is 317 g/mol. The molecule has 0 amide bonds. The van der Waals surface area contributed by atoms with Crippen LogP contribution in [0.2, 0.25) is 10.3 Å². The number of halogens is 2. The highest BCUT2D eigenvalue weighted by Gasteiger charge is 2.05. The maximum atomic E-state index is 10.4. The van der Waals surface area contributed by atoms with Crippen molar-refractivity contribution in [1.29, 1.82) is 0 Å². The lowest BCUT2D eigenvalue weighted by atomic mass is 10.2. The molecule has 1 rings (SSSR count). The van der Waals surface area contributed by atoms with Gasteiger partial charge in [-0.2, -0.15) is 0 Å². The number of allylic oxidation sites excluding steroid dienone is 4. The SMILES string of the molecule is C=CC(=CC=C(C)Cn1cnc(Cl)c1Cl)OCC(=O)O. The summed E-state index contributed by atoms with van der Waals surface area (Å²) in [4.78, 5) is 14.3. The van der Waals surface area contributed by atoms with Crippen LogP contribution < -0.4 is 0 Å². The summed E-state index contributed by atoms with van der Waals surface area (Å²) >= 11 is 11.7. The van der Waals surface area contributed by atoms with Crippen LogP contribution in [0.15, 0.2) is 42.5 Å². The number of imidazole rings is 1. The summed E-state index contributed by atoms with van der Waals surface area (Å²) < 4.78 is 6.70. The molecule has 0 saturated carbocycles. The number of hydrogen-bond donors (Lipinski definition) is 1. The lowest BCUT2D eigenvalue weighted by Crippen LogP contribution is -2.05. The summed E-state index contributed by atoms with van der Waals surface area (Å²) in [5.41, 5.74) is 0.958. The first-order valence-electron chi connectivity index (χ1n) is 5.64. The van der Waals surface area contributed by atoms with Gasteiger partial charge in [0.2, 0.25) is 0 Å². The highest BCUT2D eigenvalue weighted by molar-refractivity contribution is 6.40. The minimum atomic E-state index is -1.04. The van der Waals surface area contributed by atoms with Gasteiger partial charge < -0.3 is 14.4 Å². The van der Waals surface area contributed by atoms with Crippen molar-refractivity contribution in [3.8, 4) is 0 Å². The van der Waals surface area contributed by atoms with Crippen molar-refractivity contribution in [2.45, 2.75) is 13.5 Å². The molecule has 0 saturated heterocycles. The van der Waals surface area contributed by atoms with Gasteiger partial charge in [0.05, 0.1) is 6.33 Å². The Morgan fingerprint density at radius 3 is 2.75 bits per heavy atom. The average Bonchev–Trinajstić information content (AvgIpc) is 2.70. The van der Waals surface area contributed by atoms with Crippen molar-refractivity contribution < 1.29 is 14.6 Å². The van der Waals surface area contributed by atoms with Gasteiger partial charge in [-0.15, -0.1) is 0 Å². The van der Waals surface area contributed by atoms with E-state index >= 15 is 0 Å². The molecule has 0 bridgehead atoms. The lowest BCUT2D eigenvalue weighted by Gasteiger charge is -2.05. The number of aliphatic carboxylic acids is 1. The Balaban J connectivity index is 2.69. The van der Waals surface area contributed by atoms with Crippen LogP contribution in [-0.4, -0.2) is 27.2 Å². The second kappa shape index (κ2) is 7.77. The number of aromatic nitrogens is 2. The zero-order valence-electron chi connectivity index (χ0n) is 10.8. The first-order chi connectivity index (χ1) is 9.43. The van der Waals surface area contributed by atoms with Gasteiger partial charge in [0.25, 0.3) is 0 Å². The molecule has 20 heavy (non-hydrogen) atoms. The van der Waals surface area contributed by atoms with Crippen LogP contribution in [0.1, 0.15) is 6.92 Å². The maximum absolute atomic E-state index is 10.4. The fourth-order valence-electron chi connectivity index (χ4n) is 1.32. The molecule has 0 aliphatic rings. The molecule has 108 valence electrons. The summed E-state index contributed by atoms with van der Waals surface area (Å²) in [6.07, 6.45) is 6.40. The van der Waals surface area contributed by atoms with Gasteiger partial charge in [0.1, 0.15) is 10.9 Å². The molecule has 0 spiro atoms. The normalized spacial score (nSPS) is 12.3. The van der Waals surface area contributed by atoms with Crippen LogP contribution in [0, 0.1) is 0 Å². The largest absolute Gasteiger partial charge is 0.482 e.